The lowest BCUT2D eigenvalue weighted by molar-refractivity contribution is -1.00. The smallest absolute Gasteiger partial charge is 0.338 e. The lowest BCUT2D eigenvalue weighted by Gasteiger charge is -2.39. The number of hydrogen-bond acceptors (Lipinski definition) is 6. The van der Waals surface area contributed by atoms with Crippen LogP contribution in [0.4, 0.5) is 0 Å². The Morgan fingerprint density at radius 1 is 0.750 bits per heavy atom. The number of ether oxygens (including phenoxy) is 3. The first kappa shape index (κ1) is 18.4. The normalized spacial score (nSPS) is 11.7. The first-order valence-electron chi connectivity index (χ1n) is 6.58. The highest BCUT2D eigenvalue weighted by molar-refractivity contribution is 5.73. The van der Waals surface area contributed by atoms with Gasteiger partial charge in [-0.15, -0.1) is 0 Å². The van der Waals surface area contributed by atoms with Gasteiger partial charge in [0.1, 0.15) is 0 Å². The second-order valence-electron chi connectivity index (χ2n) is 5.02. The maximum atomic E-state index is 11.6. The average molecular weight is 290 g/mol. The summed E-state index contributed by atoms with van der Waals surface area (Å²) in [4.78, 5) is 34.8. The van der Waals surface area contributed by atoms with Crippen molar-refractivity contribution in [2.45, 2.75) is 46.1 Å². The molecule has 0 atom stereocenters. The van der Waals surface area contributed by atoms with Crippen molar-refractivity contribution in [1.29, 1.82) is 0 Å². The summed E-state index contributed by atoms with van der Waals surface area (Å²) in [5.41, 5.74) is 0. The molecule has 0 saturated carbocycles. The van der Waals surface area contributed by atoms with Crippen molar-refractivity contribution in [2.24, 2.45) is 0 Å². The number of nitrogens with zero attached hydrogens (tertiary/aromatic N) is 1. The summed E-state index contributed by atoms with van der Waals surface area (Å²) in [5.74, 6) is -1.90. The Morgan fingerprint density at radius 2 is 1.00 bits per heavy atom. The Morgan fingerprint density at radius 3 is 1.15 bits per heavy atom. The largest absolute Gasteiger partial charge is 0.597 e. The number of carbonyl (C=O) groups is 3. The fourth-order valence-electron chi connectivity index (χ4n) is 1.12. The molecular weight excluding hydrogens is 266 g/mol. The van der Waals surface area contributed by atoms with Crippen molar-refractivity contribution in [1.82, 2.24) is 0 Å². The van der Waals surface area contributed by atoms with Crippen molar-refractivity contribution in [3.8, 4) is 0 Å². The van der Waals surface area contributed by atoms with E-state index >= 15 is 0 Å². The van der Waals surface area contributed by atoms with Crippen LogP contribution in [0, 0.1) is 0 Å². The first-order chi connectivity index (χ1) is 9.11. The van der Waals surface area contributed by atoms with Gasteiger partial charge in [-0.1, -0.05) is 20.8 Å². The van der Waals surface area contributed by atoms with Gasteiger partial charge < -0.3 is 14.2 Å². The van der Waals surface area contributed by atoms with Gasteiger partial charge in [0.25, 0.3) is 0 Å². The van der Waals surface area contributed by atoms with Gasteiger partial charge in [0.2, 0.25) is 0 Å². The molecule has 0 rings (SSSR count). The molecule has 0 aromatic carbocycles. The summed E-state index contributed by atoms with van der Waals surface area (Å²) in [6, 6.07) is 0. The van der Waals surface area contributed by atoms with Gasteiger partial charge in [0, 0.05) is 19.3 Å². The summed E-state index contributed by atoms with van der Waals surface area (Å²) in [7, 11) is 4.78. The summed E-state index contributed by atoms with van der Waals surface area (Å²) in [5, 5.41) is 0. The number of rotatable bonds is 7. The van der Waals surface area contributed by atoms with E-state index in [0.717, 1.165) is 0 Å². The minimum absolute atomic E-state index is 0.0646. The van der Waals surface area contributed by atoms with Gasteiger partial charge in [0.05, 0.1) is 21.1 Å². The molecule has 0 spiro atoms. The molecule has 0 aromatic heterocycles. The summed E-state index contributed by atoms with van der Waals surface area (Å²) in [6.45, 7) is 4.77. The molecule has 0 unspecified atom stereocenters. The van der Waals surface area contributed by atoms with Crippen LogP contribution in [0.15, 0.2) is 0 Å². The standard InChI is InChI=1S/C13H24NO6/c1-7-10(15)18-13(14(4,5)6,19-11(16)8-2)20-12(17)9-3/h7-9H2,1-6H3/q+1. The lowest BCUT2D eigenvalue weighted by Crippen LogP contribution is -2.64. The maximum absolute atomic E-state index is 11.6. The fourth-order valence-corrected chi connectivity index (χ4v) is 1.12. The predicted octanol–water partition coefficient (Wildman–Crippen LogP) is 1.16. The molecule has 7 heteroatoms. The van der Waals surface area contributed by atoms with Crippen molar-refractivity contribution < 1.29 is 33.1 Å². The minimum atomic E-state index is -2.10. The molecular formula is C13H24NO6+. The molecule has 0 aliphatic heterocycles. The van der Waals surface area contributed by atoms with E-state index in [0.29, 0.717) is 0 Å². The highest BCUT2D eigenvalue weighted by Gasteiger charge is 2.57. The molecule has 0 fully saturated rings. The summed E-state index contributed by atoms with van der Waals surface area (Å²) >= 11 is 0. The van der Waals surface area contributed by atoms with Gasteiger partial charge >= 0.3 is 24.0 Å². The van der Waals surface area contributed by atoms with Crippen molar-refractivity contribution in [3.05, 3.63) is 0 Å². The molecule has 0 aliphatic rings. The second-order valence-corrected chi connectivity index (χ2v) is 5.02. The highest BCUT2D eigenvalue weighted by Crippen LogP contribution is 2.26. The quantitative estimate of drug-likeness (QED) is 0.398. The highest BCUT2D eigenvalue weighted by atomic mass is 16.9. The van der Waals surface area contributed by atoms with Crippen LogP contribution in [0.2, 0.25) is 0 Å². The second kappa shape index (κ2) is 7.23. The van der Waals surface area contributed by atoms with Crippen LogP contribution in [0.1, 0.15) is 40.0 Å². The predicted molar refractivity (Wildman–Crippen MR) is 69.9 cm³/mol. The number of quaternary nitrogens is 1. The molecule has 0 N–H and O–H groups in total. The Labute approximate surface area is 119 Å². The van der Waals surface area contributed by atoms with Gasteiger partial charge in [-0.25, -0.2) is 4.48 Å². The first-order valence-corrected chi connectivity index (χ1v) is 6.58. The third kappa shape index (κ3) is 4.80. The van der Waals surface area contributed by atoms with E-state index in [4.69, 9.17) is 14.2 Å². The van der Waals surface area contributed by atoms with E-state index in [-0.39, 0.29) is 23.7 Å². The SMILES string of the molecule is CCC(=O)OC(OC(=O)CC)(OC(=O)CC)[N+](C)(C)C. The Hall–Kier alpha value is -1.63. The van der Waals surface area contributed by atoms with Crippen molar-refractivity contribution in [2.75, 3.05) is 21.1 Å². The van der Waals surface area contributed by atoms with Crippen molar-refractivity contribution >= 4 is 17.9 Å². The minimum Gasteiger partial charge on any atom is -0.338 e. The molecule has 0 bridgehead atoms. The van der Waals surface area contributed by atoms with Crippen LogP contribution >= 0.6 is 0 Å². The lowest BCUT2D eigenvalue weighted by atomic mass is 10.4. The van der Waals surface area contributed by atoms with Gasteiger partial charge in [0.15, 0.2) is 0 Å². The van der Waals surface area contributed by atoms with Gasteiger partial charge in [-0.3, -0.25) is 14.4 Å². The third-order valence-corrected chi connectivity index (χ3v) is 2.42. The fraction of sp³-hybridized carbons (Fsp3) is 0.769. The van der Waals surface area contributed by atoms with Crippen LogP contribution in [0.25, 0.3) is 0 Å². The third-order valence-electron chi connectivity index (χ3n) is 2.42. The van der Waals surface area contributed by atoms with Crippen LogP contribution in [-0.4, -0.2) is 49.6 Å². The van der Waals surface area contributed by atoms with E-state index in [2.05, 4.69) is 0 Å². The Bertz CT molecular complexity index is 326. The zero-order valence-electron chi connectivity index (χ0n) is 13.0. The zero-order chi connectivity index (χ0) is 16.0. The van der Waals surface area contributed by atoms with Crippen LogP contribution in [-0.2, 0) is 28.6 Å². The number of hydrogen-bond donors (Lipinski definition) is 0. The molecule has 0 saturated heterocycles. The number of carbonyl (C=O) groups excluding carboxylic acids is 3. The average Bonchev–Trinajstić information content (AvgIpc) is 2.36. The Balaban J connectivity index is 5.56. The molecule has 0 radical (unpaired) electrons. The van der Waals surface area contributed by atoms with E-state index in [1.54, 1.807) is 41.9 Å². The van der Waals surface area contributed by atoms with E-state index in [9.17, 15) is 14.4 Å². The summed E-state index contributed by atoms with van der Waals surface area (Å²) in [6.07, 6.45) is -1.91. The number of esters is 3. The van der Waals surface area contributed by atoms with Gasteiger partial charge in [-0.2, -0.15) is 0 Å². The van der Waals surface area contributed by atoms with E-state index in [1.807, 2.05) is 0 Å². The van der Waals surface area contributed by atoms with E-state index < -0.39 is 24.0 Å². The zero-order valence-corrected chi connectivity index (χ0v) is 13.0. The monoisotopic (exact) mass is 290 g/mol. The van der Waals surface area contributed by atoms with E-state index in [1.165, 1.54) is 0 Å². The molecule has 0 aliphatic carbocycles. The van der Waals surface area contributed by atoms with Crippen LogP contribution < -0.4 is 0 Å². The molecule has 7 nitrogen and oxygen atoms in total. The van der Waals surface area contributed by atoms with Gasteiger partial charge in [-0.05, 0) is 0 Å². The topological polar surface area (TPSA) is 78.9 Å². The van der Waals surface area contributed by atoms with Crippen LogP contribution in [0.3, 0.4) is 0 Å². The molecule has 20 heavy (non-hydrogen) atoms. The molecule has 116 valence electrons. The molecule has 0 amide bonds. The maximum Gasteiger partial charge on any atom is 0.597 e. The molecule has 0 heterocycles. The Kier molecular flexibility index (Phi) is 6.64. The molecule has 0 aromatic rings. The van der Waals surface area contributed by atoms with Crippen molar-refractivity contribution in [3.63, 3.8) is 0 Å². The summed E-state index contributed by atoms with van der Waals surface area (Å²) < 4.78 is 15.2. The van der Waals surface area contributed by atoms with Crippen LogP contribution in [0.5, 0.6) is 0 Å².